The van der Waals surface area contributed by atoms with Gasteiger partial charge in [-0.1, -0.05) is 237 Å². The van der Waals surface area contributed by atoms with E-state index in [4.69, 9.17) is 15.0 Å². The normalized spacial score (nSPS) is 11.9. The molecule has 3 atom stereocenters. The summed E-state index contributed by atoms with van der Waals surface area (Å²) in [5.74, 6) is 0.480. The van der Waals surface area contributed by atoms with E-state index in [0.29, 0.717) is 31.0 Å². The Morgan fingerprint density at radius 2 is 0.829 bits per heavy atom. The van der Waals surface area contributed by atoms with Gasteiger partial charge in [0.05, 0.1) is 0 Å². The molecule has 0 unspecified atom stereocenters. The summed E-state index contributed by atoms with van der Waals surface area (Å²) in [6.07, 6.45) is 7.93. The van der Waals surface area contributed by atoms with Crippen LogP contribution in [0.1, 0.15) is 127 Å². The summed E-state index contributed by atoms with van der Waals surface area (Å²) in [4.78, 5) is 22.7. The average Bonchev–Trinajstić information content (AvgIpc) is 3.41. The van der Waals surface area contributed by atoms with Crippen molar-refractivity contribution in [1.29, 1.82) is 0 Å². The topological polar surface area (TPSA) is 97.5 Å². The molecule has 0 spiro atoms. The molecule has 0 aromatic heterocycles. The van der Waals surface area contributed by atoms with Crippen LogP contribution in [0.3, 0.4) is 0 Å². The number of fused-ring (bicyclic) bond motifs is 3. The van der Waals surface area contributed by atoms with Crippen LogP contribution < -0.4 is 5.73 Å². The van der Waals surface area contributed by atoms with Gasteiger partial charge in [-0.2, -0.15) is 0 Å². The molecule has 396 valence electrons. The van der Waals surface area contributed by atoms with E-state index >= 15 is 0 Å². The van der Waals surface area contributed by atoms with E-state index < -0.39 is 15.2 Å². The zero-order valence-corrected chi connectivity index (χ0v) is 47.4. The number of carbonyl (C=O) groups is 2. The van der Waals surface area contributed by atoms with Crippen LogP contribution in [0.15, 0.2) is 200 Å². The number of ketones is 1. The number of carbonyl (C=O) groups excluding carboxylic acids is 1. The van der Waals surface area contributed by atoms with Crippen molar-refractivity contribution >= 4 is 74.7 Å². The third-order valence-electron chi connectivity index (χ3n) is 13.5. The summed E-state index contributed by atoms with van der Waals surface area (Å²) in [5, 5.41) is 16.3. The van der Waals surface area contributed by atoms with E-state index in [1.807, 2.05) is 50.2 Å². The predicted octanol–water partition coefficient (Wildman–Crippen LogP) is 18.4. The Bertz CT molecular complexity index is 3240. The number of Topliss-reactive ketones (excluding diaryl/α,β-unsaturated/α-hetero) is 1. The predicted molar refractivity (Wildman–Crippen MR) is 326 cm³/mol. The van der Waals surface area contributed by atoms with Gasteiger partial charge in [-0.3, -0.25) is 9.59 Å². The van der Waals surface area contributed by atoms with Gasteiger partial charge in [-0.15, -0.1) is 0 Å². The van der Waals surface area contributed by atoms with Gasteiger partial charge in [0.15, 0.2) is 0 Å². The molecular formula is C68H75Cl2NO4S. The van der Waals surface area contributed by atoms with Crippen LogP contribution in [0.5, 0.6) is 0 Å². The second-order valence-corrected chi connectivity index (χ2v) is 22.4. The molecule has 0 fully saturated rings. The fraction of sp³-hybridized carbons (Fsp3) is 0.265. The Kier molecular flexibility index (Phi) is 25.6. The van der Waals surface area contributed by atoms with Crippen molar-refractivity contribution < 1.29 is 18.9 Å². The minimum absolute atomic E-state index is 0.103. The Morgan fingerprint density at radius 3 is 1.25 bits per heavy atom. The molecule has 0 radical (unpaired) electrons. The van der Waals surface area contributed by atoms with Crippen LogP contribution in [0, 0.1) is 20.8 Å². The number of unbranched alkanes of at least 4 members (excludes halogenated alkanes) is 1. The Labute approximate surface area is 464 Å². The zero-order chi connectivity index (χ0) is 54.8. The maximum Gasteiger partial charge on any atom is 0.303 e. The molecule has 0 aliphatic carbocycles. The first kappa shape index (κ1) is 60.5. The lowest BCUT2D eigenvalue weighted by Crippen LogP contribution is -2.06. The molecule has 9 aromatic carbocycles. The van der Waals surface area contributed by atoms with Crippen molar-refractivity contribution in [2.24, 2.45) is 5.73 Å². The van der Waals surface area contributed by atoms with Crippen LogP contribution in [0.2, 0.25) is 0 Å². The number of carboxylic acid groups (broad SMARTS) is 1. The number of carboxylic acids is 1. The number of halogens is 2. The van der Waals surface area contributed by atoms with Crippen molar-refractivity contribution in [2.45, 2.75) is 117 Å². The minimum Gasteiger partial charge on any atom is -0.481 e. The van der Waals surface area contributed by atoms with Crippen LogP contribution in [0.4, 0.5) is 0 Å². The van der Waals surface area contributed by atoms with E-state index in [1.54, 1.807) is 0 Å². The second kappa shape index (κ2) is 32.2. The first-order chi connectivity index (χ1) is 36.6. The van der Waals surface area contributed by atoms with Crippen molar-refractivity contribution in [3.63, 3.8) is 0 Å². The molecule has 0 saturated carbocycles. The summed E-state index contributed by atoms with van der Waals surface area (Å²) < 4.78 is 9.09. The Hall–Kier alpha value is -6.41. The highest BCUT2D eigenvalue weighted by molar-refractivity contribution is 8.26. The number of rotatable bonds is 16. The molecule has 0 saturated heterocycles. The van der Waals surface area contributed by atoms with Crippen LogP contribution in [-0.2, 0) is 38.1 Å². The molecule has 0 aliphatic heterocycles. The third-order valence-corrected chi connectivity index (χ3v) is 13.5. The number of benzene rings is 9. The highest BCUT2D eigenvalue weighted by Crippen LogP contribution is 2.30. The lowest BCUT2D eigenvalue weighted by atomic mass is 9.90. The summed E-state index contributed by atoms with van der Waals surface area (Å²) in [5.41, 5.74) is 17.5. The van der Waals surface area contributed by atoms with Crippen LogP contribution >= 0.6 is 21.4 Å². The Morgan fingerprint density at radius 1 is 0.474 bits per heavy atom. The van der Waals surface area contributed by atoms with Crippen molar-refractivity contribution in [1.82, 2.24) is 0 Å². The molecule has 3 N–H and O–H groups in total. The molecule has 8 heteroatoms. The summed E-state index contributed by atoms with van der Waals surface area (Å²) in [7, 11) is 7.36. The van der Waals surface area contributed by atoms with E-state index in [-0.39, 0.29) is 18.4 Å². The van der Waals surface area contributed by atoms with E-state index in [0.717, 1.165) is 12.0 Å². The molecule has 5 nitrogen and oxygen atoms in total. The number of aliphatic carboxylic acids is 1. The average molecular weight is 1070 g/mol. The van der Waals surface area contributed by atoms with Crippen LogP contribution in [0.25, 0.3) is 32.3 Å². The molecule has 0 amide bonds. The third kappa shape index (κ3) is 21.0. The van der Waals surface area contributed by atoms with E-state index in [9.17, 15) is 9.59 Å². The molecule has 0 heterocycles. The van der Waals surface area contributed by atoms with Gasteiger partial charge in [0, 0.05) is 46.7 Å². The quantitative estimate of drug-likeness (QED) is 0.0742. The largest absolute Gasteiger partial charge is 0.481 e. The smallest absolute Gasteiger partial charge is 0.303 e. The van der Waals surface area contributed by atoms with E-state index in [2.05, 4.69) is 213 Å². The first-order valence-corrected chi connectivity index (χ1v) is 29.2. The first-order valence-electron chi connectivity index (χ1n) is 26.4. The van der Waals surface area contributed by atoms with Gasteiger partial charge in [0.1, 0.15) is 5.78 Å². The molecule has 9 aromatic rings. The fourth-order valence-corrected chi connectivity index (χ4v) is 9.63. The summed E-state index contributed by atoms with van der Waals surface area (Å²) in [6.45, 7) is 12.8. The molecule has 76 heavy (non-hydrogen) atoms. The monoisotopic (exact) mass is 1070 g/mol. The number of aryl methyl sites for hydroxylation is 6. The standard InChI is InChI=1S/C23H24O.C23H26.C12H13N.C10H12O2.Cl2OS/c1-17-7-5-8-19(15-17)13-14-21(24)16-18(2)22-12-6-10-20-9-3-4-11-23(20)22;1-18-9-7-12-20(17-18)11-4-3-10-19(2)22-16-8-14-21-13-5-6-15-23(21)22;1-9(13)11-8-4-6-10-5-2-3-7-12(10)11;1-8-3-2-4-9(7-8)5-6-10(11)12;1-4(2)3/h3-12,15,18H,13-14,16H2,1-2H3;5-9,12-17,19H,3-4,10-11H2,1-2H3;2-9H,13H2,1H3;2-4,7H,5-6H2,1H3,(H,11,12);/t18-;19-;9-;;/m001../s1. The van der Waals surface area contributed by atoms with Crippen molar-refractivity contribution in [3.8, 4) is 0 Å². The van der Waals surface area contributed by atoms with Crippen molar-refractivity contribution in [3.05, 3.63) is 250 Å². The van der Waals surface area contributed by atoms with Gasteiger partial charge >= 0.3 is 5.97 Å². The Balaban J connectivity index is 0.000000190. The van der Waals surface area contributed by atoms with Gasteiger partial charge in [0.2, 0.25) is 9.23 Å². The molecule has 0 bridgehead atoms. The highest BCUT2D eigenvalue weighted by atomic mass is 36.0. The molecule has 0 aliphatic rings. The molecule has 9 rings (SSSR count). The van der Waals surface area contributed by atoms with Gasteiger partial charge in [-0.05, 0) is 137 Å². The zero-order valence-electron chi connectivity index (χ0n) is 45.1. The maximum absolute atomic E-state index is 12.4. The second-order valence-electron chi connectivity index (χ2n) is 19.8. The van der Waals surface area contributed by atoms with Gasteiger partial charge in [-0.25, -0.2) is 4.21 Å². The van der Waals surface area contributed by atoms with Crippen LogP contribution in [-0.4, -0.2) is 21.1 Å². The summed E-state index contributed by atoms with van der Waals surface area (Å²) in [6, 6.07) is 70.2. The number of nitrogens with two attached hydrogens (primary N) is 1. The lowest BCUT2D eigenvalue weighted by Gasteiger charge is -2.14. The number of hydrogen-bond donors (Lipinski definition) is 2. The van der Waals surface area contributed by atoms with E-state index in [1.165, 1.54) is 103 Å². The fourth-order valence-electron chi connectivity index (χ4n) is 9.63. The maximum atomic E-state index is 12.4. The minimum atomic E-state index is -1.67. The molecular weight excluding hydrogens is 998 g/mol. The summed E-state index contributed by atoms with van der Waals surface area (Å²) >= 11 is 0. The lowest BCUT2D eigenvalue weighted by molar-refractivity contribution is -0.137. The highest BCUT2D eigenvalue weighted by Gasteiger charge is 2.14. The van der Waals surface area contributed by atoms with Crippen molar-refractivity contribution in [2.75, 3.05) is 0 Å². The van der Waals surface area contributed by atoms with Gasteiger partial charge in [0.25, 0.3) is 0 Å². The van der Waals surface area contributed by atoms with Gasteiger partial charge < -0.3 is 10.8 Å². The SMILES string of the molecule is C[C@@H](N)c1cccc2ccccc12.Cc1cccc(CCC(=O)C[C@H](C)c2cccc3ccccc23)c1.Cc1cccc(CCC(=O)O)c1.Cc1cccc(CCCC[C@H](C)c2cccc3ccccc23)c1.O=S(Cl)Cl. The number of hydrogen-bond acceptors (Lipinski definition) is 4.